The molecule has 0 bridgehead atoms. The minimum atomic E-state index is 0.342. The van der Waals surface area contributed by atoms with E-state index in [2.05, 4.69) is 12.2 Å². The molecule has 0 amide bonds. The normalized spacial score (nSPS) is 13.9. The zero-order valence-corrected chi connectivity index (χ0v) is 5.78. The smallest absolute Gasteiger partial charge is 0.00225 e. The van der Waals surface area contributed by atoms with E-state index in [1.165, 1.54) is 0 Å². The fourth-order valence-corrected chi connectivity index (χ4v) is 0.507. The van der Waals surface area contributed by atoms with Gasteiger partial charge in [0.05, 0.1) is 0 Å². The molecule has 1 atom stereocenters. The predicted molar refractivity (Wildman–Crippen MR) is 36.8 cm³/mol. The molecule has 0 rings (SSSR count). The fourth-order valence-electron chi connectivity index (χ4n) is 0.507. The summed E-state index contributed by atoms with van der Waals surface area (Å²) < 4.78 is 0. The van der Waals surface area contributed by atoms with Crippen LogP contribution in [-0.4, -0.2) is 19.1 Å². The molecule has 1 unspecified atom stereocenters. The van der Waals surface area contributed by atoms with Gasteiger partial charge in [-0.3, -0.25) is 0 Å². The van der Waals surface area contributed by atoms with E-state index in [-0.39, 0.29) is 0 Å². The molecule has 0 aromatic heterocycles. The minimum absolute atomic E-state index is 0.342. The summed E-state index contributed by atoms with van der Waals surface area (Å²) in [5, 5.41) is 3.20. The Kier molecular flexibility index (Phi) is 5.01. The van der Waals surface area contributed by atoms with Gasteiger partial charge in [-0.05, 0) is 26.4 Å². The van der Waals surface area contributed by atoms with Crippen LogP contribution in [0.5, 0.6) is 0 Å². The molecule has 0 aliphatic carbocycles. The first-order valence-electron chi connectivity index (χ1n) is 3.23. The Hall–Kier alpha value is -0.0800. The third-order valence-electron chi connectivity index (χ3n) is 1.03. The van der Waals surface area contributed by atoms with E-state index in [9.17, 15) is 0 Å². The third kappa shape index (κ3) is 5.92. The molecular formula is C6H16N2. The highest BCUT2D eigenvalue weighted by Gasteiger charge is 1.89. The third-order valence-corrected chi connectivity index (χ3v) is 1.03. The van der Waals surface area contributed by atoms with Crippen molar-refractivity contribution in [1.82, 2.24) is 5.32 Å². The monoisotopic (exact) mass is 116 g/mol. The molecule has 0 radical (unpaired) electrons. The van der Waals surface area contributed by atoms with Crippen LogP contribution in [0.4, 0.5) is 0 Å². The summed E-state index contributed by atoms with van der Waals surface area (Å²) in [6.45, 7) is 6.22. The van der Waals surface area contributed by atoms with Crippen LogP contribution in [0.3, 0.4) is 0 Å². The van der Waals surface area contributed by atoms with E-state index >= 15 is 0 Å². The van der Waals surface area contributed by atoms with Crippen molar-refractivity contribution in [3.05, 3.63) is 0 Å². The molecule has 0 aliphatic rings. The van der Waals surface area contributed by atoms with Gasteiger partial charge in [-0.2, -0.15) is 0 Å². The lowest BCUT2D eigenvalue weighted by Gasteiger charge is -2.03. The van der Waals surface area contributed by atoms with Gasteiger partial charge in [0, 0.05) is 6.04 Å². The number of nitrogens with two attached hydrogens (primary N) is 1. The van der Waals surface area contributed by atoms with Gasteiger partial charge in [-0.25, -0.2) is 0 Å². The highest BCUT2D eigenvalue weighted by Crippen LogP contribution is 1.80. The summed E-state index contributed by atoms with van der Waals surface area (Å²) >= 11 is 0. The van der Waals surface area contributed by atoms with Crippen LogP contribution < -0.4 is 11.1 Å². The van der Waals surface area contributed by atoms with Gasteiger partial charge in [-0.15, -0.1) is 0 Å². The summed E-state index contributed by atoms with van der Waals surface area (Å²) in [4.78, 5) is 0. The van der Waals surface area contributed by atoms with Crippen molar-refractivity contribution in [2.75, 3.05) is 13.1 Å². The zero-order chi connectivity index (χ0) is 6.41. The van der Waals surface area contributed by atoms with Crippen molar-refractivity contribution in [2.24, 2.45) is 5.73 Å². The Bertz CT molecular complexity index is 43.8. The van der Waals surface area contributed by atoms with Crippen LogP contribution in [0.15, 0.2) is 0 Å². The molecule has 0 heterocycles. The van der Waals surface area contributed by atoms with Gasteiger partial charge in [0.25, 0.3) is 0 Å². The summed E-state index contributed by atoms with van der Waals surface area (Å²) in [6.07, 6.45) is 1.08. The molecule has 0 aromatic carbocycles. The standard InChI is InChI=1S/C6H16N2/c1-3-8-5-4-6(2)7/h6,8H,3-5,7H2,1-2H3. The Morgan fingerprint density at radius 2 is 2.25 bits per heavy atom. The molecular weight excluding hydrogens is 100 g/mol. The molecule has 0 spiro atoms. The van der Waals surface area contributed by atoms with E-state index in [0.29, 0.717) is 6.04 Å². The summed E-state index contributed by atoms with van der Waals surface area (Å²) in [5.41, 5.74) is 5.49. The Morgan fingerprint density at radius 3 is 2.62 bits per heavy atom. The predicted octanol–water partition coefficient (Wildman–Crippen LogP) is 0.333. The van der Waals surface area contributed by atoms with Crippen LogP contribution in [0.1, 0.15) is 20.3 Å². The molecule has 8 heavy (non-hydrogen) atoms. The highest BCUT2D eigenvalue weighted by atomic mass is 14.8. The largest absolute Gasteiger partial charge is 0.328 e. The summed E-state index contributed by atoms with van der Waals surface area (Å²) in [6, 6.07) is 0.342. The molecule has 0 fully saturated rings. The maximum absolute atomic E-state index is 5.49. The second-order valence-electron chi connectivity index (χ2n) is 2.12. The SMILES string of the molecule is CCNCCC(C)N. The van der Waals surface area contributed by atoms with Crippen LogP contribution in [0, 0.1) is 0 Å². The van der Waals surface area contributed by atoms with Crippen molar-refractivity contribution in [2.45, 2.75) is 26.3 Å². The average Bonchev–Trinajstić information content (AvgIpc) is 1.66. The lowest BCUT2D eigenvalue weighted by atomic mass is 10.2. The van der Waals surface area contributed by atoms with Crippen LogP contribution in [0.2, 0.25) is 0 Å². The van der Waals surface area contributed by atoms with Crippen LogP contribution >= 0.6 is 0 Å². The maximum Gasteiger partial charge on any atom is 0.00225 e. The van der Waals surface area contributed by atoms with Crippen LogP contribution in [-0.2, 0) is 0 Å². The molecule has 2 nitrogen and oxygen atoms in total. The maximum atomic E-state index is 5.49. The second kappa shape index (κ2) is 5.06. The van der Waals surface area contributed by atoms with E-state index in [1.807, 2.05) is 6.92 Å². The van der Waals surface area contributed by atoms with Crippen LogP contribution in [0.25, 0.3) is 0 Å². The Morgan fingerprint density at radius 1 is 1.62 bits per heavy atom. The zero-order valence-electron chi connectivity index (χ0n) is 5.78. The van der Waals surface area contributed by atoms with Gasteiger partial charge in [0.15, 0.2) is 0 Å². The van der Waals surface area contributed by atoms with E-state index < -0.39 is 0 Å². The fraction of sp³-hybridized carbons (Fsp3) is 1.00. The molecule has 0 aromatic rings. The van der Waals surface area contributed by atoms with E-state index in [1.54, 1.807) is 0 Å². The van der Waals surface area contributed by atoms with E-state index in [4.69, 9.17) is 5.73 Å². The number of rotatable bonds is 4. The summed E-state index contributed by atoms with van der Waals surface area (Å²) in [7, 11) is 0. The van der Waals surface area contributed by atoms with Gasteiger partial charge in [0.2, 0.25) is 0 Å². The topological polar surface area (TPSA) is 38.0 Å². The number of hydrogen-bond donors (Lipinski definition) is 2. The average molecular weight is 116 g/mol. The second-order valence-corrected chi connectivity index (χ2v) is 2.12. The lowest BCUT2D eigenvalue weighted by Crippen LogP contribution is -2.23. The van der Waals surface area contributed by atoms with Crippen molar-refractivity contribution >= 4 is 0 Å². The summed E-state index contributed by atoms with van der Waals surface area (Å²) in [5.74, 6) is 0. The van der Waals surface area contributed by atoms with Crippen molar-refractivity contribution in [3.8, 4) is 0 Å². The molecule has 3 N–H and O–H groups in total. The first kappa shape index (κ1) is 7.92. The van der Waals surface area contributed by atoms with Crippen molar-refractivity contribution in [3.63, 3.8) is 0 Å². The first-order chi connectivity index (χ1) is 3.77. The molecule has 0 saturated heterocycles. The van der Waals surface area contributed by atoms with Crippen molar-refractivity contribution in [1.29, 1.82) is 0 Å². The first-order valence-corrected chi connectivity index (χ1v) is 3.23. The molecule has 50 valence electrons. The van der Waals surface area contributed by atoms with Gasteiger partial charge < -0.3 is 11.1 Å². The quantitative estimate of drug-likeness (QED) is 0.520. The highest BCUT2D eigenvalue weighted by molar-refractivity contribution is 4.53. The minimum Gasteiger partial charge on any atom is -0.328 e. The Balaban J connectivity index is 2.72. The van der Waals surface area contributed by atoms with E-state index in [0.717, 1.165) is 19.5 Å². The van der Waals surface area contributed by atoms with Gasteiger partial charge in [0.1, 0.15) is 0 Å². The lowest BCUT2D eigenvalue weighted by molar-refractivity contribution is 0.602. The molecule has 0 aliphatic heterocycles. The molecule has 0 saturated carbocycles. The van der Waals surface area contributed by atoms with Gasteiger partial charge >= 0.3 is 0 Å². The Labute approximate surface area is 51.5 Å². The number of hydrogen-bond acceptors (Lipinski definition) is 2. The number of nitrogens with one attached hydrogen (secondary N) is 1. The van der Waals surface area contributed by atoms with Gasteiger partial charge in [-0.1, -0.05) is 6.92 Å². The van der Waals surface area contributed by atoms with Crippen molar-refractivity contribution < 1.29 is 0 Å². The molecule has 2 heteroatoms.